The third-order valence-electron chi connectivity index (χ3n) is 6.66. The van der Waals surface area contributed by atoms with Crippen LogP contribution < -0.4 is 19.1 Å². The molecule has 0 saturated carbocycles. The number of alkyl halides is 3. The Bertz CT molecular complexity index is 1330. The first-order valence-corrected chi connectivity index (χ1v) is 12.7. The SMILES string of the molecule is C[C@]1(COc2ccc(N3CCN(C/C=C/c4ccc(OC(F)(F)F)cc4)CC3)cc2)Cn2cc([N+](=O)[O-])nc2O1. The van der Waals surface area contributed by atoms with Crippen LogP contribution in [0.5, 0.6) is 17.5 Å². The molecule has 0 spiro atoms. The minimum Gasteiger partial charge on any atom is -0.489 e. The maximum Gasteiger partial charge on any atom is 0.573 e. The van der Waals surface area contributed by atoms with Crippen molar-refractivity contribution in [1.82, 2.24) is 14.5 Å². The highest BCUT2D eigenvalue weighted by Gasteiger charge is 2.41. The molecule has 3 aromatic rings. The molecule has 1 saturated heterocycles. The molecule has 0 aliphatic carbocycles. The van der Waals surface area contributed by atoms with Crippen LogP contribution in [-0.4, -0.2) is 70.7 Å². The number of nitro groups is 1. The molecule has 2 aromatic carbocycles. The van der Waals surface area contributed by atoms with Gasteiger partial charge in [0.1, 0.15) is 24.3 Å². The van der Waals surface area contributed by atoms with E-state index in [1.807, 2.05) is 43.3 Å². The number of halogens is 3. The maximum atomic E-state index is 12.3. The van der Waals surface area contributed by atoms with Crippen molar-refractivity contribution < 1.29 is 32.3 Å². The zero-order valence-electron chi connectivity index (χ0n) is 21.7. The number of benzene rings is 2. The fourth-order valence-electron chi connectivity index (χ4n) is 4.65. The predicted octanol–water partition coefficient (Wildman–Crippen LogP) is 4.76. The highest BCUT2D eigenvalue weighted by atomic mass is 19.4. The molecular weight excluding hydrogens is 531 g/mol. The Morgan fingerprint density at radius 1 is 1.07 bits per heavy atom. The van der Waals surface area contributed by atoms with Crippen LogP contribution >= 0.6 is 0 Å². The molecule has 3 heterocycles. The van der Waals surface area contributed by atoms with Crippen molar-refractivity contribution in [2.45, 2.75) is 25.4 Å². The van der Waals surface area contributed by atoms with Gasteiger partial charge in [0.2, 0.25) is 0 Å². The van der Waals surface area contributed by atoms with Gasteiger partial charge < -0.3 is 29.2 Å². The molecule has 10 nitrogen and oxygen atoms in total. The summed E-state index contributed by atoms with van der Waals surface area (Å²) in [6.07, 6.45) is 0.562. The number of anilines is 1. The van der Waals surface area contributed by atoms with Crippen molar-refractivity contribution in [3.8, 4) is 17.5 Å². The lowest BCUT2D eigenvalue weighted by Gasteiger charge is -2.35. The van der Waals surface area contributed by atoms with Crippen molar-refractivity contribution in [2.75, 3.05) is 44.2 Å². The van der Waals surface area contributed by atoms with Crippen LogP contribution in [0.3, 0.4) is 0 Å². The van der Waals surface area contributed by atoms with Crippen molar-refractivity contribution in [1.29, 1.82) is 0 Å². The zero-order valence-corrected chi connectivity index (χ0v) is 21.7. The van der Waals surface area contributed by atoms with Crippen LogP contribution in [0.15, 0.2) is 60.8 Å². The van der Waals surface area contributed by atoms with Crippen LogP contribution in [0.4, 0.5) is 24.7 Å². The molecule has 0 unspecified atom stereocenters. The van der Waals surface area contributed by atoms with Crippen LogP contribution in [0.25, 0.3) is 6.08 Å². The largest absolute Gasteiger partial charge is 0.573 e. The van der Waals surface area contributed by atoms with E-state index in [1.165, 1.54) is 18.3 Å². The summed E-state index contributed by atoms with van der Waals surface area (Å²) < 4.78 is 54.1. The highest BCUT2D eigenvalue weighted by molar-refractivity contribution is 5.51. The number of fused-ring (bicyclic) bond motifs is 1. The van der Waals surface area contributed by atoms with Crippen molar-refractivity contribution >= 4 is 17.6 Å². The van der Waals surface area contributed by atoms with E-state index in [2.05, 4.69) is 19.5 Å². The van der Waals surface area contributed by atoms with Gasteiger partial charge in [0.25, 0.3) is 0 Å². The Kier molecular flexibility index (Phi) is 7.57. The van der Waals surface area contributed by atoms with Crippen LogP contribution in [0.2, 0.25) is 0 Å². The molecule has 2 aliphatic rings. The van der Waals surface area contributed by atoms with Gasteiger partial charge in [-0.3, -0.25) is 9.47 Å². The smallest absolute Gasteiger partial charge is 0.489 e. The first kappa shape index (κ1) is 27.3. The van der Waals surface area contributed by atoms with Gasteiger partial charge in [-0.05, 0) is 53.8 Å². The summed E-state index contributed by atoms with van der Waals surface area (Å²) in [5.41, 5.74) is 1.23. The number of rotatable bonds is 9. The minimum absolute atomic E-state index is 0.219. The third-order valence-corrected chi connectivity index (χ3v) is 6.66. The Hall–Kier alpha value is -4.26. The summed E-state index contributed by atoms with van der Waals surface area (Å²) in [6.45, 7) is 6.77. The number of hydrogen-bond acceptors (Lipinski definition) is 8. The summed E-state index contributed by atoms with van der Waals surface area (Å²) in [5, 5.41) is 10.9. The Morgan fingerprint density at radius 2 is 1.75 bits per heavy atom. The average molecular weight is 560 g/mol. The zero-order chi connectivity index (χ0) is 28.3. The van der Waals surface area contributed by atoms with Gasteiger partial charge in [-0.15, -0.1) is 13.2 Å². The average Bonchev–Trinajstić information content (AvgIpc) is 3.44. The Morgan fingerprint density at radius 3 is 2.38 bits per heavy atom. The second-order valence-corrected chi connectivity index (χ2v) is 9.91. The molecule has 13 heteroatoms. The quantitative estimate of drug-likeness (QED) is 0.274. The third kappa shape index (κ3) is 6.84. The summed E-state index contributed by atoms with van der Waals surface area (Å²) in [5.74, 6) is 0.227. The van der Waals surface area contributed by atoms with E-state index in [4.69, 9.17) is 9.47 Å². The summed E-state index contributed by atoms with van der Waals surface area (Å²) in [7, 11) is 0. The first-order valence-electron chi connectivity index (χ1n) is 12.7. The molecule has 1 atom stereocenters. The molecule has 40 heavy (non-hydrogen) atoms. The van der Waals surface area contributed by atoms with Gasteiger partial charge in [-0.1, -0.05) is 24.3 Å². The lowest BCUT2D eigenvalue weighted by molar-refractivity contribution is -0.389. The molecule has 5 rings (SSSR count). The molecule has 0 bridgehead atoms. The molecule has 0 radical (unpaired) electrons. The van der Waals surface area contributed by atoms with Crippen molar-refractivity contribution in [3.05, 3.63) is 76.5 Å². The van der Waals surface area contributed by atoms with Crippen LogP contribution in [0, 0.1) is 10.1 Å². The van der Waals surface area contributed by atoms with E-state index < -0.39 is 16.9 Å². The first-order chi connectivity index (χ1) is 19.1. The number of nitrogens with zero attached hydrogens (tertiary/aromatic N) is 5. The van der Waals surface area contributed by atoms with E-state index in [-0.39, 0.29) is 24.2 Å². The molecule has 1 fully saturated rings. The van der Waals surface area contributed by atoms with E-state index in [0.29, 0.717) is 12.3 Å². The van der Waals surface area contributed by atoms with E-state index in [0.717, 1.165) is 44.0 Å². The van der Waals surface area contributed by atoms with Gasteiger partial charge in [-0.25, -0.2) is 0 Å². The van der Waals surface area contributed by atoms with Crippen LogP contribution in [-0.2, 0) is 6.54 Å². The molecule has 0 N–H and O–H groups in total. The standard InChI is InChI=1S/C27H28F3N5O5/c1-26(18-34-17-24(35(36)37)31-25(34)40-26)19-38-22-10-6-21(7-11-22)33-15-13-32(14-16-33)12-2-3-20-4-8-23(9-5-20)39-27(28,29)30/h2-11,17H,12-16,18-19H2,1H3/b3-2+/t26-/m1/s1. The van der Waals surface area contributed by atoms with Gasteiger partial charge in [0, 0.05) is 43.4 Å². The summed E-state index contributed by atoms with van der Waals surface area (Å²) >= 11 is 0. The van der Waals surface area contributed by atoms with E-state index >= 15 is 0 Å². The minimum atomic E-state index is -4.69. The monoisotopic (exact) mass is 559 g/mol. The Labute approximate surface area is 228 Å². The number of piperazine rings is 1. The van der Waals surface area contributed by atoms with Gasteiger partial charge >= 0.3 is 18.2 Å². The van der Waals surface area contributed by atoms with E-state index in [1.54, 1.807) is 16.7 Å². The van der Waals surface area contributed by atoms with Gasteiger partial charge in [0.15, 0.2) is 5.60 Å². The topological polar surface area (TPSA) is 95.1 Å². The van der Waals surface area contributed by atoms with Gasteiger partial charge in [0.05, 0.1) is 6.54 Å². The highest BCUT2D eigenvalue weighted by Crippen LogP contribution is 2.32. The number of hydrogen-bond donors (Lipinski definition) is 0. The lowest BCUT2D eigenvalue weighted by Crippen LogP contribution is -2.46. The number of imidazole rings is 1. The van der Waals surface area contributed by atoms with Gasteiger partial charge in [-0.2, -0.15) is 0 Å². The molecule has 2 aliphatic heterocycles. The molecular formula is C27H28F3N5O5. The van der Waals surface area contributed by atoms with Crippen LogP contribution in [0.1, 0.15) is 12.5 Å². The predicted molar refractivity (Wildman–Crippen MR) is 141 cm³/mol. The summed E-state index contributed by atoms with van der Waals surface area (Å²) in [6, 6.07) is 13.9. The van der Waals surface area contributed by atoms with E-state index in [9.17, 15) is 23.3 Å². The lowest BCUT2D eigenvalue weighted by atomic mass is 10.1. The number of aromatic nitrogens is 2. The number of ether oxygens (including phenoxy) is 3. The maximum absolute atomic E-state index is 12.3. The second kappa shape index (κ2) is 11.1. The Balaban J connectivity index is 1.04. The summed E-state index contributed by atoms with van der Waals surface area (Å²) in [4.78, 5) is 18.8. The second-order valence-electron chi connectivity index (χ2n) is 9.91. The fourth-order valence-corrected chi connectivity index (χ4v) is 4.65. The fraction of sp³-hybridized carbons (Fsp3) is 0.370. The van der Waals surface area contributed by atoms with Crippen molar-refractivity contribution in [3.63, 3.8) is 0 Å². The molecule has 212 valence electrons. The normalized spacial score (nSPS) is 19.4. The molecule has 0 amide bonds. The molecule has 1 aromatic heterocycles. The van der Waals surface area contributed by atoms with Crippen molar-refractivity contribution in [2.24, 2.45) is 0 Å².